The molecule has 2 aliphatic rings. The first-order valence-corrected chi connectivity index (χ1v) is 11.7. The van der Waals surface area contributed by atoms with E-state index in [-0.39, 0.29) is 5.41 Å². The molecule has 30 heavy (non-hydrogen) atoms. The van der Waals surface area contributed by atoms with Crippen LogP contribution >= 0.6 is 0 Å². The van der Waals surface area contributed by atoms with Crippen LogP contribution in [0.4, 0.5) is 0 Å². The number of hydrogen-bond acceptors (Lipinski definition) is 4. The highest BCUT2D eigenvalue weighted by Crippen LogP contribution is 2.42. The fourth-order valence-electron chi connectivity index (χ4n) is 5.72. The third kappa shape index (κ3) is 4.19. The van der Waals surface area contributed by atoms with Crippen LogP contribution in [0.15, 0.2) is 18.2 Å². The van der Waals surface area contributed by atoms with Gasteiger partial charge in [0.05, 0.1) is 17.1 Å². The van der Waals surface area contributed by atoms with Crippen molar-refractivity contribution < 1.29 is 0 Å². The molecule has 2 aliphatic heterocycles. The van der Waals surface area contributed by atoms with Crippen LogP contribution in [0.1, 0.15) is 75.2 Å². The smallest absolute Gasteiger partial charge is 0.106 e. The maximum absolute atomic E-state index is 5.19. The average molecular weight is 410 g/mol. The van der Waals surface area contributed by atoms with Crippen molar-refractivity contribution in [2.24, 2.45) is 5.92 Å². The Morgan fingerprint density at radius 3 is 2.37 bits per heavy atom. The predicted octanol–water partition coefficient (Wildman–Crippen LogP) is 4.48. The molecule has 0 N–H and O–H groups in total. The minimum absolute atomic E-state index is 0.176. The van der Waals surface area contributed by atoms with E-state index < -0.39 is 0 Å². The van der Waals surface area contributed by atoms with Gasteiger partial charge in [-0.1, -0.05) is 19.9 Å². The number of fused-ring (bicyclic) bond motifs is 2. The number of imidazole rings is 1. The molecule has 0 atom stereocenters. The molecular weight excluding hydrogens is 370 g/mol. The van der Waals surface area contributed by atoms with Crippen LogP contribution in [0.25, 0.3) is 0 Å². The molecule has 4 heterocycles. The lowest BCUT2D eigenvalue weighted by Gasteiger charge is -2.47. The molecule has 4 rings (SSSR count). The maximum atomic E-state index is 5.19. The molecule has 0 amide bonds. The van der Waals surface area contributed by atoms with Gasteiger partial charge in [0.2, 0.25) is 0 Å². The van der Waals surface area contributed by atoms with Crippen molar-refractivity contribution in [1.29, 1.82) is 0 Å². The molecule has 5 heteroatoms. The number of nitrogens with zero attached hydrogens (tertiary/aromatic N) is 5. The predicted molar refractivity (Wildman–Crippen MR) is 123 cm³/mol. The van der Waals surface area contributed by atoms with Crippen LogP contribution in [0.3, 0.4) is 0 Å². The van der Waals surface area contributed by atoms with E-state index in [4.69, 9.17) is 9.97 Å². The van der Waals surface area contributed by atoms with Gasteiger partial charge in [-0.3, -0.25) is 9.88 Å². The van der Waals surface area contributed by atoms with Gasteiger partial charge in [0.1, 0.15) is 5.82 Å². The van der Waals surface area contributed by atoms with Gasteiger partial charge in [0.15, 0.2) is 0 Å². The van der Waals surface area contributed by atoms with E-state index in [0.717, 1.165) is 31.2 Å². The fourth-order valence-corrected chi connectivity index (χ4v) is 5.72. The monoisotopic (exact) mass is 409 g/mol. The van der Waals surface area contributed by atoms with Crippen molar-refractivity contribution >= 4 is 0 Å². The number of rotatable bonds is 5. The number of likely N-dealkylation sites (tertiary alicyclic amines) is 1. The summed E-state index contributed by atoms with van der Waals surface area (Å²) in [4.78, 5) is 15.3. The molecule has 2 aromatic rings. The summed E-state index contributed by atoms with van der Waals surface area (Å²) in [5.41, 5.74) is 5.30. The number of pyridine rings is 1. The van der Waals surface area contributed by atoms with Crippen LogP contribution in [0.5, 0.6) is 0 Å². The highest BCUT2D eigenvalue weighted by molar-refractivity contribution is 5.31. The SMILES string of the molecule is Cc1cccc(CN2Cc3c(nc(C)n3C(C)C)C3(CCN(CC(C)C)CC3)C2)n1. The first-order chi connectivity index (χ1) is 14.3. The van der Waals surface area contributed by atoms with Crippen molar-refractivity contribution in [2.75, 3.05) is 26.2 Å². The highest BCUT2D eigenvalue weighted by atomic mass is 15.2. The molecule has 2 aromatic heterocycles. The van der Waals surface area contributed by atoms with Gasteiger partial charge in [0.25, 0.3) is 0 Å². The van der Waals surface area contributed by atoms with Gasteiger partial charge in [-0.2, -0.15) is 0 Å². The van der Waals surface area contributed by atoms with Crippen molar-refractivity contribution in [3.63, 3.8) is 0 Å². The lowest BCUT2D eigenvalue weighted by Crippen LogP contribution is -2.52. The highest BCUT2D eigenvalue weighted by Gasteiger charge is 2.45. The molecule has 164 valence electrons. The summed E-state index contributed by atoms with van der Waals surface area (Å²) in [7, 11) is 0. The summed E-state index contributed by atoms with van der Waals surface area (Å²) >= 11 is 0. The Bertz CT molecular complexity index is 874. The van der Waals surface area contributed by atoms with E-state index in [9.17, 15) is 0 Å². The number of piperidine rings is 1. The summed E-state index contributed by atoms with van der Waals surface area (Å²) in [6.07, 6.45) is 2.41. The van der Waals surface area contributed by atoms with E-state index in [0.29, 0.717) is 6.04 Å². The summed E-state index contributed by atoms with van der Waals surface area (Å²) in [5.74, 6) is 1.90. The second kappa shape index (κ2) is 8.43. The third-order valence-electron chi connectivity index (χ3n) is 6.87. The normalized spacial score (nSPS) is 19.7. The summed E-state index contributed by atoms with van der Waals surface area (Å²) in [6, 6.07) is 6.83. The molecule has 0 unspecified atom stereocenters. The van der Waals surface area contributed by atoms with Crippen molar-refractivity contribution in [3.05, 3.63) is 46.8 Å². The van der Waals surface area contributed by atoms with E-state index >= 15 is 0 Å². The standard InChI is InChI=1S/C25H39N5/c1-18(2)14-28-12-10-25(11-13-28)17-29(15-22-9-7-8-20(5)26-22)16-23-24(25)27-21(6)30(23)19(3)4/h7-9,18-19H,10-17H2,1-6H3. The lowest BCUT2D eigenvalue weighted by atomic mass is 9.72. The van der Waals surface area contributed by atoms with Gasteiger partial charge in [-0.25, -0.2) is 4.98 Å². The van der Waals surface area contributed by atoms with Gasteiger partial charge in [-0.15, -0.1) is 0 Å². The minimum atomic E-state index is 0.176. The van der Waals surface area contributed by atoms with Gasteiger partial charge in [0, 0.05) is 43.3 Å². The Hall–Kier alpha value is -1.72. The molecule has 0 radical (unpaired) electrons. The lowest BCUT2D eigenvalue weighted by molar-refractivity contribution is 0.0835. The van der Waals surface area contributed by atoms with Crippen molar-refractivity contribution in [3.8, 4) is 0 Å². The Labute approximate surface area is 182 Å². The zero-order valence-electron chi connectivity index (χ0n) is 19.8. The zero-order chi connectivity index (χ0) is 21.5. The second-order valence-corrected chi connectivity index (χ2v) is 10.3. The van der Waals surface area contributed by atoms with E-state index in [1.165, 1.54) is 55.4 Å². The van der Waals surface area contributed by atoms with Crippen LogP contribution in [0, 0.1) is 19.8 Å². The number of aromatic nitrogens is 3. The Morgan fingerprint density at radius 2 is 1.73 bits per heavy atom. The second-order valence-electron chi connectivity index (χ2n) is 10.3. The van der Waals surface area contributed by atoms with Crippen molar-refractivity contribution in [2.45, 2.75) is 78.9 Å². The van der Waals surface area contributed by atoms with E-state index in [1.807, 2.05) is 0 Å². The Balaban J connectivity index is 1.65. The molecule has 0 bridgehead atoms. The van der Waals surface area contributed by atoms with Gasteiger partial charge >= 0.3 is 0 Å². The van der Waals surface area contributed by atoms with Crippen LogP contribution < -0.4 is 0 Å². The molecule has 0 aromatic carbocycles. The fraction of sp³-hybridized carbons (Fsp3) is 0.680. The van der Waals surface area contributed by atoms with Crippen LogP contribution in [0.2, 0.25) is 0 Å². The first-order valence-electron chi connectivity index (χ1n) is 11.7. The summed E-state index contributed by atoms with van der Waals surface area (Å²) in [6.45, 7) is 20.1. The maximum Gasteiger partial charge on any atom is 0.106 e. The van der Waals surface area contributed by atoms with Crippen LogP contribution in [-0.2, 0) is 18.5 Å². The van der Waals surface area contributed by atoms with Crippen molar-refractivity contribution in [1.82, 2.24) is 24.3 Å². The minimum Gasteiger partial charge on any atom is -0.328 e. The Kier molecular flexibility index (Phi) is 6.04. The van der Waals surface area contributed by atoms with Crippen LogP contribution in [-0.4, -0.2) is 50.5 Å². The molecule has 1 fully saturated rings. The van der Waals surface area contributed by atoms with E-state index in [2.05, 4.69) is 74.1 Å². The molecule has 5 nitrogen and oxygen atoms in total. The largest absolute Gasteiger partial charge is 0.328 e. The van der Waals surface area contributed by atoms with Gasteiger partial charge in [-0.05, 0) is 71.7 Å². The van der Waals surface area contributed by atoms with Gasteiger partial charge < -0.3 is 9.47 Å². The zero-order valence-corrected chi connectivity index (χ0v) is 19.8. The first kappa shape index (κ1) is 21.5. The third-order valence-corrected chi connectivity index (χ3v) is 6.87. The van der Waals surface area contributed by atoms with E-state index in [1.54, 1.807) is 0 Å². The summed E-state index contributed by atoms with van der Waals surface area (Å²) < 4.78 is 2.48. The average Bonchev–Trinajstić information content (AvgIpc) is 3.00. The topological polar surface area (TPSA) is 37.2 Å². The molecule has 1 spiro atoms. The number of hydrogen-bond donors (Lipinski definition) is 0. The summed E-state index contributed by atoms with van der Waals surface area (Å²) in [5, 5.41) is 0. The molecular formula is C25H39N5. The molecule has 1 saturated heterocycles. The number of aryl methyl sites for hydroxylation is 2. The molecule has 0 saturated carbocycles. The quantitative estimate of drug-likeness (QED) is 0.730. The molecule has 0 aliphatic carbocycles. The Morgan fingerprint density at radius 1 is 1.00 bits per heavy atom.